The Morgan fingerprint density at radius 1 is 1.32 bits per heavy atom. The summed E-state index contributed by atoms with van der Waals surface area (Å²) in [6.07, 6.45) is -2.18. The number of aliphatic hydroxyl groups is 3. The number of carboxylic acids is 1. The molecule has 2 fully saturated rings. The van der Waals surface area contributed by atoms with Gasteiger partial charge in [-0.3, -0.25) is 4.90 Å². The molecular formula is C16H24N2O7. The van der Waals surface area contributed by atoms with Gasteiger partial charge < -0.3 is 35.4 Å². The Morgan fingerprint density at radius 3 is 2.64 bits per heavy atom. The van der Waals surface area contributed by atoms with E-state index in [9.17, 15) is 25.2 Å². The van der Waals surface area contributed by atoms with Gasteiger partial charge in [0.15, 0.2) is 18.5 Å². The van der Waals surface area contributed by atoms with Gasteiger partial charge in [-0.2, -0.15) is 4.57 Å². The second-order valence-corrected chi connectivity index (χ2v) is 6.46. The lowest BCUT2D eigenvalue weighted by molar-refractivity contribution is -0.777. The summed E-state index contributed by atoms with van der Waals surface area (Å²) in [5, 5.41) is 41.0. The first-order valence-corrected chi connectivity index (χ1v) is 8.01. The van der Waals surface area contributed by atoms with Crippen LogP contribution in [0.4, 0.5) is 0 Å². The van der Waals surface area contributed by atoms with Gasteiger partial charge in [0.1, 0.15) is 18.3 Å². The van der Waals surface area contributed by atoms with Gasteiger partial charge >= 0.3 is 0 Å². The molecule has 25 heavy (non-hydrogen) atoms. The van der Waals surface area contributed by atoms with Crippen molar-refractivity contribution in [2.24, 2.45) is 0 Å². The van der Waals surface area contributed by atoms with Crippen LogP contribution in [0.3, 0.4) is 0 Å². The van der Waals surface area contributed by atoms with Crippen molar-refractivity contribution in [1.29, 1.82) is 0 Å². The average Bonchev–Trinajstić information content (AvgIpc) is 2.99. The molecule has 140 valence electrons. The molecule has 9 heteroatoms. The second-order valence-electron chi connectivity index (χ2n) is 6.46. The molecule has 0 spiro atoms. The molecule has 2 saturated heterocycles. The molecule has 1 aromatic heterocycles. The predicted molar refractivity (Wildman–Crippen MR) is 81.8 cm³/mol. The lowest BCUT2D eigenvalue weighted by atomic mass is 9.97. The number of rotatable bonds is 3. The van der Waals surface area contributed by atoms with E-state index >= 15 is 0 Å². The van der Waals surface area contributed by atoms with Crippen LogP contribution in [0.15, 0.2) is 24.5 Å². The van der Waals surface area contributed by atoms with Crippen LogP contribution in [-0.4, -0.2) is 69.7 Å². The third-order valence-corrected chi connectivity index (χ3v) is 4.86. The van der Waals surface area contributed by atoms with Crippen LogP contribution in [0.25, 0.3) is 0 Å². The van der Waals surface area contributed by atoms with Crippen molar-refractivity contribution in [3.63, 3.8) is 0 Å². The Kier molecular flexibility index (Phi) is 6.09. The van der Waals surface area contributed by atoms with Crippen molar-refractivity contribution in [2.45, 2.75) is 49.5 Å². The Labute approximate surface area is 145 Å². The number of likely N-dealkylation sites (tertiary alicyclic amines) is 1. The lowest BCUT2D eigenvalue weighted by Crippen LogP contribution is -2.65. The first kappa shape index (κ1) is 19.7. The van der Waals surface area contributed by atoms with Gasteiger partial charge in [0.25, 0.3) is 6.23 Å². The van der Waals surface area contributed by atoms with Crippen LogP contribution in [0.1, 0.15) is 30.7 Å². The zero-order valence-corrected chi connectivity index (χ0v) is 13.9. The van der Waals surface area contributed by atoms with Gasteiger partial charge in [0.2, 0.25) is 0 Å². The van der Waals surface area contributed by atoms with Crippen molar-refractivity contribution in [1.82, 2.24) is 4.90 Å². The molecule has 2 aliphatic rings. The number of nitrogens with zero attached hydrogens (tertiary/aromatic N) is 2. The minimum atomic E-state index is -1.74. The van der Waals surface area contributed by atoms with Gasteiger partial charge in [-0.25, -0.2) is 0 Å². The first-order valence-electron chi connectivity index (χ1n) is 8.01. The second kappa shape index (κ2) is 7.73. The standard InChI is InChI=1S/C16H22N2O6.H2O/c1-17-6-3-5-10(17)9-4-2-7-18(8-9)15-13(21)11(19)12(20)14(24-15)16(22)23;/h2,4,7-8,10-15,19-21H,3,5-6H2,1H3;1H2. The number of hydrogen-bond donors (Lipinski definition) is 3. The summed E-state index contributed by atoms with van der Waals surface area (Å²) in [4.78, 5) is 13.3. The molecule has 9 nitrogen and oxygen atoms in total. The number of carbonyl (C=O) groups is 1. The minimum Gasteiger partial charge on any atom is -0.547 e. The fourth-order valence-electron chi connectivity index (χ4n) is 3.50. The fraction of sp³-hybridized carbons (Fsp3) is 0.625. The van der Waals surface area contributed by atoms with E-state index < -0.39 is 36.6 Å². The van der Waals surface area contributed by atoms with Crippen LogP contribution in [-0.2, 0) is 9.53 Å². The zero-order chi connectivity index (χ0) is 17.4. The Morgan fingerprint density at radius 2 is 2.04 bits per heavy atom. The average molecular weight is 356 g/mol. The number of carbonyl (C=O) groups excluding carboxylic acids is 1. The highest BCUT2D eigenvalue weighted by atomic mass is 16.6. The number of aliphatic carboxylic acids is 1. The van der Waals surface area contributed by atoms with Crippen LogP contribution in [0.5, 0.6) is 0 Å². The highest BCUT2D eigenvalue weighted by Gasteiger charge is 2.48. The van der Waals surface area contributed by atoms with E-state index in [-0.39, 0.29) is 11.5 Å². The van der Waals surface area contributed by atoms with Gasteiger partial charge in [-0.15, -0.1) is 0 Å². The van der Waals surface area contributed by atoms with Crippen LogP contribution in [0.2, 0.25) is 0 Å². The summed E-state index contributed by atoms with van der Waals surface area (Å²) >= 11 is 0. The van der Waals surface area contributed by atoms with Crippen LogP contribution >= 0.6 is 0 Å². The third-order valence-electron chi connectivity index (χ3n) is 4.86. The Hall–Kier alpha value is -1.62. The number of aromatic nitrogens is 1. The van der Waals surface area contributed by atoms with E-state index in [1.54, 1.807) is 18.5 Å². The highest BCUT2D eigenvalue weighted by molar-refractivity contribution is 5.71. The molecule has 3 heterocycles. The summed E-state index contributed by atoms with van der Waals surface area (Å²) in [7, 11) is 2.03. The highest BCUT2D eigenvalue weighted by Crippen LogP contribution is 2.30. The topological polar surface area (TPSA) is 149 Å². The number of hydrogen-bond acceptors (Lipinski definition) is 7. The summed E-state index contributed by atoms with van der Waals surface area (Å²) in [6, 6.07) is 3.98. The molecule has 0 radical (unpaired) electrons. The number of carboxylic acid groups (broad SMARTS) is 1. The number of pyridine rings is 1. The zero-order valence-electron chi connectivity index (χ0n) is 13.9. The van der Waals surface area contributed by atoms with Crippen molar-refractivity contribution < 1.29 is 40.0 Å². The number of ether oxygens (including phenoxy) is 1. The van der Waals surface area contributed by atoms with E-state index in [0.29, 0.717) is 0 Å². The van der Waals surface area contributed by atoms with E-state index in [1.165, 1.54) is 4.57 Å². The molecule has 6 unspecified atom stereocenters. The monoisotopic (exact) mass is 356 g/mol. The quantitative estimate of drug-likeness (QED) is 0.479. The maximum absolute atomic E-state index is 11.1. The maximum atomic E-state index is 11.1. The molecule has 5 N–H and O–H groups in total. The van der Waals surface area contributed by atoms with E-state index in [4.69, 9.17) is 4.74 Å². The molecule has 2 aliphatic heterocycles. The molecule has 0 aromatic carbocycles. The lowest BCUT2D eigenvalue weighted by Gasteiger charge is -2.37. The van der Waals surface area contributed by atoms with E-state index in [2.05, 4.69) is 4.90 Å². The molecule has 6 atom stereocenters. The third kappa shape index (κ3) is 3.66. The SMILES string of the molecule is CN1CCCC1c1ccc[n+](C2OC(C(=O)[O-])C(O)C(O)C2O)c1.O. The maximum Gasteiger partial charge on any atom is 0.292 e. The van der Waals surface area contributed by atoms with Crippen molar-refractivity contribution in [3.8, 4) is 0 Å². The summed E-state index contributed by atoms with van der Waals surface area (Å²) in [5.41, 5.74) is 1.01. The van der Waals surface area contributed by atoms with Gasteiger partial charge in [0, 0.05) is 17.7 Å². The van der Waals surface area contributed by atoms with E-state index in [1.807, 2.05) is 13.1 Å². The smallest absolute Gasteiger partial charge is 0.292 e. The predicted octanol–water partition coefficient (Wildman–Crippen LogP) is -3.35. The molecule has 0 bridgehead atoms. The Balaban J connectivity index is 0.00000225. The van der Waals surface area contributed by atoms with Crippen LogP contribution < -0.4 is 9.67 Å². The summed E-state index contributed by atoms with van der Waals surface area (Å²) in [6.45, 7) is 1.000. The molecule has 0 saturated carbocycles. The Bertz CT molecular complexity index is 614. The van der Waals surface area contributed by atoms with Gasteiger partial charge in [-0.1, -0.05) is 0 Å². The van der Waals surface area contributed by atoms with Crippen molar-refractivity contribution in [3.05, 3.63) is 30.1 Å². The molecule has 3 rings (SSSR count). The molecule has 1 aromatic rings. The van der Waals surface area contributed by atoms with Crippen molar-refractivity contribution >= 4 is 5.97 Å². The summed E-state index contributed by atoms with van der Waals surface area (Å²) in [5.74, 6) is -1.63. The van der Waals surface area contributed by atoms with E-state index in [0.717, 1.165) is 24.9 Å². The van der Waals surface area contributed by atoms with Gasteiger partial charge in [0.05, 0.1) is 5.97 Å². The largest absolute Gasteiger partial charge is 0.547 e. The summed E-state index contributed by atoms with van der Waals surface area (Å²) < 4.78 is 6.83. The van der Waals surface area contributed by atoms with Gasteiger partial charge in [-0.05, 0) is 32.5 Å². The van der Waals surface area contributed by atoms with Crippen molar-refractivity contribution in [2.75, 3.05) is 13.6 Å². The fourth-order valence-corrected chi connectivity index (χ4v) is 3.50. The molecular weight excluding hydrogens is 332 g/mol. The normalized spacial score (nSPS) is 36.0. The van der Waals surface area contributed by atoms with Crippen LogP contribution in [0, 0.1) is 0 Å². The first-order chi connectivity index (χ1) is 11.4. The molecule has 0 aliphatic carbocycles. The number of aliphatic hydroxyl groups excluding tert-OH is 3. The molecule has 0 amide bonds. The minimum absolute atomic E-state index is 0.